The molecule has 0 spiro atoms. The van der Waals surface area contributed by atoms with Crippen molar-refractivity contribution in [3.05, 3.63) is 28.8 Å². The Balaban J connectivity index is 2.08. The Labute approximate surface area is 106 Å². The molecule has 1 aromatic carbocycles. The summed E-state index contributed by atoms with van der Waals surface area (Å²) in [5.74, 6) is -0.153. The van der Waals surface area contributed by atoms with Gasteiger partial charge in [0.25, 0.3) is 5.91 Å². The number of hydrogen-bond acceptors (Lipinski definition) is 2. The molecule has 1 aliphatic carbocycles. The summed E-state index contributed by atoms with van der Waals surface area (Å²) in [5, 5.41) is 3.43. The van der Waals surface area contributed by atoms with Crippen molar-refractivity contribution in [3.63, 3.8) is 0 Å². The van der Waals surface area contributed by atoms with Crippen molar-refractivity contribution in [2.24, 2.45) is 0 Å². The van der Waals surface area contributed by atoms with Crippen molar-refractivity contribution in [2.75, 3.05) is 5.73 Å². The third-order valence-corrected chi connectivity index (χ3v) is 3.53. The number of hydrogen-bond donors (Lipinski definition) is 2. The Kier molecular flexibility index (Phi) is 3.89. The number of amides is 1. The van der Waals surface area contributed by atoms with Gasteiger partial charge in [-0.15, -0.1) is 0 Å². The zero-order valence-electron chi connectivity index (χ0n) is 9.71. The Morgan fingerprint density at radius 2 is 2.00 bits per heavy atom. The smallest absolute Gasteiger partial charge is 0.255 e. The number of nitrogens with one attached hydrogen (secondary N) is 1. The molecule has 0 atom stereocenters. The molecule has 1 saturated carbocycles. The second-order valence-corrected chi connectivity index (χ2v) is 4.92. The van der Waals surface area contributed by atoms with Crippen molar-refractivity contribution in [3.8, 4) is 0 Å². The van der Waals surface area contributed by atoms with E-state index in [1.165, 1.54) is 19.3 Å². The van der Waals surface area contributed by atoms with Gasteiger partial charge < -0.3 is 11.1 Å². The quantitative estimate of drug-likeness (QED) is 0.795. The Bertz CT molecular complexity index is 394. The fraction of sp³-hybridized carbons (Fsp3) is 0.462. The van der Waals surface area contributed by atoms with Crippen LogP contribution >= 0.6 is 11.6 Å². The van der Waals surface area contributed by atoms with E-state index < -0.39 is 0 Å². The molecule has 3 nitrogen and oxygen atoms in total. The molecule has 0 aromatic heterocycles. The number of nitrogen functional groups attached to an aromatic ring is 1. The minimum Gasteiger partial charge on any atom is -0.398 e. The van der Waals surface area contributed by atoms with Gasteiger partial charge >= 0.3 is 0 Å². The second kappa shape index (κ2) is 5.41. The summed E-state index contributed by atoms with van der Waals surface area (Å²) in [6, 6.07) is 5.40. The number of nitrogens with two attached hydrogens (primary N) is 1. The molecule has 1 aromatic rings. The van der Waals surface area contributed by atoms with E-state index in [0.717, 1.165) is 12.8 Å². The lowest BCUT2D eigenvalue weighted by molar-refractivity contribution is 0.0929. The van der Waals surface area contributed by atoms with Gasteiger partial charge in [0.05, 0.1) is 10.6 Å². The fourth-order valence-electron chi connectivity index (χ4n) is 2.28. The third-order valence-electron chi connectivity index (χ3n) is 3.21. The number of benzene rings is 1. The van der Waals surface area contributed by atoms with Crippen LogP contribution in [0.25, 0.3) is 0 Å². The Morgan fingerprint density at radius 1 is 1.29 bits per heavy atom. The van der Waals surface area contributed by atoms with Gasteiger partial charge in [-0.3, -0.25) is 4.79 Å². The summed E-state index contributed by atoms with van der Waals surface area (Å²) in [6.07, 6.45) is 5.73. The highest BCUT2D eigenvalue weighted by molar-refractivity contribution is 6.34. The van der Waals surface area contributed by atoms with Crippen molar-refractivity contribution in [1.29, 1.82) is 0 Å². The van der Waals surface area contributed by atoms with Crippen molar-refractivity contribution in [1.82, 2.24) is 5.32 Å². The van der Waals surface area contributed by atoms with E-state index in [-0.39, 0.29) is 11.9 Å². The summed E-state index contributed by atoms with van der Waals surface area (Å²) in [6.45, 7) is 0. The summed E-state index contributed by atoms with van der Waals surface area (Å²) in [5.41, 5.74) is 6.62. The van der Waals surface area contributed by atoms with Crippen LogP contribution in [0.15, 0.2) is 18.2 Å². The molecule has 1 aliphatic rings. The zero-order valence-corrected chi connectivity index (χ0v) is 10.5. The third kappa shape index (κ3) is 2.91. The van der Waals surface area contributed by atoms with Crippen molar-refractivity contribution < 1.29 is 4.79 Å². The van der Waals surface area contributed by atoms with Crippen LogP contribution < -0.4 is 11.1 Å². The molecule has 2 rings (SSSR count). The van der Waals surface area contributed by atoms with Crippen LogP contribution in [-0.4, -0.2) is 11.9 Å². The zero-order chi connectivity index (χ0) is 12.3. The van der Waals surface area contributed by atoms with Gasteiger partial charge in [-0.1, -0.05) is 36.9 Å². The minimum absolute atomic E-state index is 0.153. The predicted molar refractivity (Wildman–Crippen MR) is 70.2 cm³/mol. The molecular formula is C13H17ClN2O. The Morgan fingerprint density at radius 3 is 2.65 bits per heavy atom. The number of halogens is 1. The normalized spacial score (nSPS) is 16.8. The summed E-state index contributed by atoms with van der Waals surface area (Å²) in [7, 11) is 0. The highest BCUT2D eigenvalue weighted by atomic mass is 35.5. The highest BCUT2D eigenvalue weighted by Crippen LogP contribution is 2.23. The van der Waals surface area contributed by atoms with Crippen molar-refractivity contribution in [2.45, 2.75) is 38.1 Å². The number of rotatable bonds is 2. The first-order valence-electron chi connectivity index (χ1n) is 6.03. The lowest BCUT2D eigenvalue weighted by atomic mass is 9.95. The maximum Gasteiger partial charge on any atom is 0.255 e. The standard InChI is InChI=1S/C13H17ClN2O/c14-10-7-4-8-11(15)12(10)13(17)16-9-5-2-1-3-6-9/h4,7-9H,1-3,5-6,15H2,(H,16,17). The first-order chi connectivity index (χ1) is 8.18. The van der Waals surface area contributed by atoms with Gasteiger partial charge in [0.1, 0.15) is 0 Å². The molecule has 92 valence electrons. The lowest BCUT2D eigenvalue weighted by Crippen LogP contribution is -2.36. The molecule has 0 unspecified atom stereocenters. The van der Waals surface area contributed by atoms with E-state index in [1.54, 1.807) is 18.2 Å². The van der Waals surface area contributed by atoms with E-state index in [0.29, 0.717) is 16.3 Å². The van der Waals surface area contributed by atoms with Crippen LogP contribution in [-0.2, 0) is 0 Å². The Hall–Kier alpha value is -1.22. The van der Waals surface area contributed by atoms with Gasteiger partial charge in [-0.25, -0.2) is 0 Å². The fourth-order valence-corrected chi connectivity index (χ4v) is 2.55. The molecule has 1 amide bonds. The SMILES string of the molecule is Nc1cccc(Cl)c1C(=O)NC1CCCCC1. The molecule has 0 aliphatic heterocycles. The highest BCUT2D eigenvalue weighted by Gasteiger charge is 2.19. The van der Waals surface area contributed by atoms with Crippen LogP contribution in [0.2, 0.25) is 5.02 Å². The average Bonchev–Trinajstić information content (AvgIpc) is 2.30. The van der Waals surface area contributed by atoms with Gasteiger partial charge in [0, 0.05) is 11.7 Å². The largest absolute Gasteiger partial charge is 0.398 e. The van der Waals surface area contributed by atoms with E-state index in [4.69, 9.17) is 17.3 Å². The molecule has 17 heavy (non-hydrogen) atoms. The number of carbonyl (C=O) groups is 1. The summed E-state index contributed by atoms with van der Waals surface area (Å²) in [4.78, 5) is 12.1. The van der Waals surface area contributed by atoms with Crippen molar-refractivity contribution >= 4 is 23.2 Å². The van der Waals surface area contributed by atoms with E-state index >= 15 is 0 Å². The van der Waals surface area contributed by atoms with Gasteiger partial charge in [-0.05, 0) is 25.0 Å². The van der Waals surface area contributed by atoms with E-state index in [9.17, 15) is 4.79 Å². The molecule has 4 heteroatoms. The summed E-state index contributed by atoms with van der Waals surface area (Å²) < 4.78 is 0. The van der Waals surface area contributed by atoms with Crippen LogP contribution in [0.3, 0.4) is 0 Å². The molecule has 0 bridgehead atoms. The van der Waals surface area contributed by atoms with Gasteiger partial charge in [0.15, 0.2) is 0 Å². The van der Waals surface area contributed by atoms with Gasteiger partial charge in [-0.2, -0.15) is 0 Å². The summed E-state index contributed by atoms with van der Waals surface area (Å²) >= 11 is 6.00. The molecule has 3 N–H and O–H groups in total. The lowest BCUT2D eigenvalue weighted by Gasteiger charge is -2.23. The molecule has 0 radical (unpaired) electrons. The van der Waals surface area contributed by atoms with E-state index in [1.807, 2.05) is 0 Å². The predicted octanol–water partition coefficient (Wildman–Crippen LogP) is 2.98. The number of anilines is 1. The maximum atomic E-state index is 12.1. The van der Waals surface area contributed by atoms with Gasteiger partial charge in [0.2, 0.25) is 0 Å². The first kappa shape index (κ1) is 12.2. The van der Waals surface area contributed by atoms with E-state index in [2.05, 4.69) is 5.32 Å². The van der Waals surface area contributed by atoms with Crippen LogP contribution in [0.5, 0.6) is 0 Å². The second-order valence-electron chi connectivity index (χ2n) is 4.51. The molecule has 1 fully saturated rings. The maximum absolute atomic E-state index is 12.1. The average molecular weight is 253 g/mol. The minimum atomic E-state index is -0.153. The van der Waals surface area contributed by atoms with Crippen LogP contribution in [0.4, 0.5) is 5.69 Å². The number of carbonyl (C=O) groups excluding carboxylic acids is 1. The molecular weight excluding hydrogens is 236 g/mol. The van der Waals surface area contributed by atoms with Crippen LogP contribution in [0.1, 0.15) is 42.5 Å². The van der Waals surface area contributed by atoms with Crippen LogP contribution in [0, 0.1) is 0 Å². The monoisotopic (exact) mass is 252 g/mol. The molecule has 0 heterocycles. The first-order valence-corrected chi connectivity index (χ1v) is 6.41. The topological polar surface area (TPSA) is 55.1 Å². The molecule has 0 saturated heterocycles.